The third kappa shape index (κ3) is 46.0. The molecule has 2 unspecified atom stereocenters. The molecule has 0 aliphatic carbocycles. The van der Waals surface area contributed by atoms with Crippen LogP contribution >= 0.6 is 0 Å². The van der Waals surface area contributed by atoms with Crippen LogP contribution in [-0.2, 0) is 33.3 Å². The first-order valence-electron chi connectivity index (χ1n) is 26.4. The van der Waals surface area contributed by atoms with Gasteiger partial charge in [-0.3, -0.25) is 9.59 Å². The number of esters is 2. The van der Waals surface area contributed by atoms with Gasteiger partial charge in [-0.2, -0.15) is 0 Å². The molecule has 9 nitrogen and oxygen atoms in total. The second-order valence-corrected chi connectivity index (χ2v) is 19.2. The summed E-state index contributed by atoms with van der Waals surface area (Å²) in [7, 11) is 5.96. The Kier molecular flexibility index (Phi) is 44.1. The van der Waals surface area contributed by atoms with E-state index in [4.69, 9.17) is 18.9 Å². The number of quaternary nitrogens is 1. The molecule has 0 bridgehead atoms. The van der Waals surface area contributed by atoms with Crippen LogP contribution in [0.3, 0.4) is 0 Å². The van der Waals surface area contributed by atoms with Crippen molar-refractivity contribution in [3.8, 4) is 0 Å². The number of carboxylic acid groups (broad SMARTS) is 1. The summed E-state index contributed by atoms with van der Waals surface area (Å²) in [5, 5.41) is 9.64. The lowest BCUT2D eigenvalue weighted by molar-refractivity contribution is -0.870. The normalized spacial score (nSPS) is 12.9. The molecule has 62 heavy (non-hydrogen) atoms. The minimum Gasteiger partial charge on any atom is -0.477 e. The molecular formula is C53H102NO8+. The van der Waals surface area contributed by atoms with Crippen LogP contribution in [0.4, 0.5) is 0 Å². The van der Waals surface area contributed by atoms with E-state index >= 15 is 0 Å². The quantitative estimate of drug-likeness (QED) is 0.0212. The fraction of sp³-hybridized carbons (Fsp3) is 0.906. The van der Waals surface area contributed by atoms with E-state index in [0.717, 1.165) is 57.8 Å². The Bertz CT molecular complexity index is 1030. The molecule has 0 fully saturated rings. The lowest BCUT2D eigenvalue weighted by atomic mass is 10.0. The van der Waals surface area contributed by atoms with Gasteiger partial charge in [0.25, 0.3) is 6.29 Å². The molecule has 0 saturated heterocycles. The number of rotatable bonds is 49. The average Bonchev–Trinajstić information content (AvgIpc) is 3.23. The van der Waals surface area contributed by atoms with E-state index in [1.54, 1.807) is 0 Å². The molecule has 0 aliphatic heterocycles. The molecular weight excluding hydrogens is 779 g/mol. The van der Waals surface area contributed by atoms with Gasteiger partial charge in [0.15, 0.2) is 6.10 Å². The van der Waals surface area contributed by atoms with Crippen LogP contribution in [0.1, 0.15) is 251 Å². The van der Waals surface area contributed by atoms with Gasteiger partial charge in [0, 0.05) is 12.8 Å². The molecule has 0 saturated carbocycles. The van der Waals surface area contributed by atoms with Crippen molar-refractivity contribution in [2.24, 2.45) is 0 Å². The Morgan fingerprint density at radius 1 is 0.468 bits per heavy atom. The zero-order chi connectivity index (χ0) is 45.6. The number of unbranched alkanes of at least 4 members (excludes halogenated alkanes) is 32. The van der Waals surface area contributed by atoms with Crippen LogP contribution in [0.15, 0.2) is 12.2 Å². The number of hydrogen-bond acceptors (Lipinski definition) is 7. The van der Waals surface area contributed by atoms with Gasteiger partial charge in [0.2, 0.25) is 0 Å². The molecule has 9 heteroatoms. The minimum absolute atomic E-state index is 0.180. The van der Waals surface area contributed by atoms with Crippen molar-refractivity contribution < 1.29 is 42.9 Å². The Morgan fingerprint density at radius 2 is 0.855 bits per heavy atom. The van der Waals surface area contributed by atoms with E-state index in [0.29, 0.717) is 23.9 Å². The molecule has 366 valence electrons. The van der Waals surface area contributed by atoms with Gasteiger partial charge in [-0.15, -0.1) is 0 Å². The molecule has 0 amide bonds. The summed E-state index contributed by atoms with van der Waals surface area (Å²) in [5.74, 6) is -2.00. The Hall–Kier alpha value is -1.97. The lowest BCUT2D eigenvalue weighted by Crippen LogP contribution is -2.40. The highest BCUT2D eigenvalue weighted by atomic mass is 16.7. The van der Waals surface area contributed by atoms with E-state index < -0.39 is 24.3 Å². The van der Waals surface area contributed by atoms with E-state index in [-0.39, 0.29) is 32.2 Å². The topological polar surface area (TPSA) is 108 Å². The van der Waals surface area contributed by atoms with Gasteiger partial charge in [-0.05, 0) is 32.1 Å². The highest BCUT2D eigenvalue weighted by molar-refractivity contribution is 5.71. The summed E-state index contributed by atoms with van der Waals surface area (Å²) in [6.45, 7) is 4.83. The highest BCUT2D eigenvalue weighted by Crippen LogP contribution is 2.17. The molecule has 0 aliphatic rings. The van der Waals surface area contributed by atoms with Crippen molar-refractivity contribution in [2.45, 2.75) is 264 Å². The molecule has 1 N–H and O–H groups in total. The largest absolute Gasteiger partial charge is 0.477 e. The Labute approximate surface area is 383 Å². The number of nitrogens with zero attached hydrogens (tertiary/aromatic N) is 1. The van der Waals surface area contributed by atoms with Gasteiger partial charge in [0.1, 0.15) is 13.2 Å². The fourth-order valence-electron chi connectivity index (χ4n) is 7.66. The molecule has 2 atom stereocenters. The zero-order valence-electron chi connectivity index (χ0n) is 41.6. The third-order valence-electron chi connectivity index (χ3n) is 11.8. The Morgan fingerprint density at radius 3 is 1.26 bits per heavy atom. The van der Waals surface area contributed by atoms with Crippen molar-refractivity contribution in [1.82, 2.24) is 0 Å². The summed E-state index contributed by atoms with van der Waals surface area (Å²) in [5.41, 5.74) is 0. The van der Waals surface area contributed by atoms with Crippen LogP contribution in [0.5, 0.6) is 0 Å². The van der Waals surface area contributed by atoms with Crippen LogP contribution in [0, 0.1) is 0 Å². The van der Waals surface area contributed by atoms with Crippen molar-refractivity contribution in [1.29, 1.82) is 0 Å². The summed E-state index contributed by atoms with van der Waals surface area (Å²) in [4.78, 5) is 37.1. The van der Waals surface area contributed by atoms with Gasteiger partial charge < -0.3 is 28.5 Å². The number of hydrogen-bond donors (Lipinski definition) is 1. The predicted molar refractivity (Wildman–Crippen MR) is 258 cm³/mol. The first kappa shape index (κ1) is 60.0. The molecule has 0 spiro atoms. The van der Waals surface area contributed by atoms with E-state index in [2.05, 4.69) is 26.0 Å². The number of carbonyl (C=O) groups excluding carboxylic acids is 2. The highest BCUT2D eigenvalue weighted by Gasteiger charge is 2.25. The molecule has 0 aromatic rings. The van der Waals surface area contributed by atoms with Crippen LogP contribution in [-0.4, -0.2) is 87.4 Å². The summed E-state index contributed by atoms with van der Waals surface area (Å²) in [6.07, 6.45) is 47.4. The van der Waals surface area contributed by atoms with Crippen molar-refractivity contribution in [3.05, 3.63) is 12.2 Å². The summed E-state index contributed by atoms with van der Waals surface area (Å²) >= 11 is 0. The first-order valence-corrected chi connectivity index (χ1v) is 26.4. The number of aliphatic carboxylic acids is 1. The van der Waals surface area contributed by atoms with Crippen LogP contribution in [0.2, 0.25) is 0 Å². The predicted octanol–water partition coefficient (Wildman–Crippen LogP) is 14.6. The van der Waals surface area contributed by atoms with Gasteiger partial charge in [0.05, 0.1) is 34.4 Å². The SMILES string of the molecule is CCC/C=C\CCCCCCCC(=O)OC(COC(=O)CCCCCCCCCCCCCCCCCCCCCCCCCCCCC)COC(OCC[N+](C)(C)C)C(=O)O. The van der Waals surface area contributed by atoms with E-state index in [1.807, 2.05) is 21.1 Å². The maximum absolute atomic E-state index is 12.7. The number of carboxylic acids is 1. The molecule has 0 rings (SSSR count). The van der Waals surface area contributed by atoms with Crippen molar-refractivity contribution in [3.63, 3.8) is 0 Å². The van der Waals surface area contributed by atoms with Gasteiger partial charge >= 0.3 is 17.9 Å². The van der Waals surface area contributed by atoms with Crippen molar-refractivity contribution in [2.75, 3.05) is 47.5 Å². The summed E-state index contributed by atoms with van der Waals surface area (Å²) in [6, 6.07) is 0. The molecule has 0 heterocycles. The Balaban J connectivity index is 4.07. The molecule has 0 radical (unpaired) electrons. The van der Waals surface area contributed by atoms with Gasteiger partial charge in [-0.1, -0.05) is 219 Å². The smallest absolute Gasteiger partial charge is 0.361 e. The number of ether oxygens (including phenoxy) is 4. The monoisotopic (exact) mass is 881 g/mol. The zero-order valence-corrected chi connectivity index (χ0v) is 41.6. The van der Waals surface area contributed by atoms with Crippen LogP contribution < -0.4 is 0 Å². The molecule has 0 aromatic carbocycles. The minimum atomic E-state index is -1.51. The lowest BCUT2D eigenvalue weighted by Gasteiger charge is -2.25. The fourth-order valence-corrected chi connectivity index (χ4v) is 7.66. The second-order valence-electron chi connectivity index (χ2n) is 19.2. The first-order chi connectivity index (χ1) is 30.1. The number of carbonyl (C=O) groups is 3. The van der Waals surface area contributed by atoms with E-state index in [1.165, 1.54) is 161 Å². The average molecular weight is 881 g/mol. The van der Waals surface area contributed by atoms with Crippen molar-refractivity contribution >= 4 is 17.9 Å². The number of allylic oxidation sites excluding steroid dienone is 2. The maximum Gasteiger partial charge on any atom is 0.361 e. The number of likely N-dealkylation sites (N-methyl/N-ethyl adjacent to an activating group) is 1. The standard InChI is InChI=1S/C53H101NO8/c1-6-8-10-12-14-16-18-19-20-21-22-23-24-25-26-27-28-29-30-31-32-33-34-36-37-39-41-43-50(55)60-47-49(48-61-53(52(57)58)59-46-45-54(3,4)5)62-51(56)44-42-40-38-35-17-15-13-11-9-7-2/h11,13,49,53H,6-10,12,14-48H2,1-5H3/p+1/b13-11-. The second kappa shape index (κ2) is 45.6. The third-order valence-corrected chi connectivity index (χ3v) is 11.8. The van der Waals surface area contributed by atoms with Crippen LogP contribution in [0.25, 0.3) is 0 Å². The maximum atomic E-state index is 12.7. The molecule has 0 aromatic heterocycles. The van der Waals surface area contributed by atoms with E-state index in [9.17, 15) is 19.5 Å². The summed E-state index contributed by atoms with van der Waals surface area (Å²) < 4.78 is 22.7. The van der Waals surface area contributed by atoms with Gasteiger partial charge in [-0.25, -0.2) is 4.79 Å².